The molecule has 0 atom stereocenters. The van der Waals surface area contributed by atoms with Gasteiger partial charge in [0.05, 0.1) is 0 Å². The first-order valence-electron chi connectivity index (χ1n) is 5.00. The van der Waals surface area contributed by atoms with E-state index in [4.69, 9.17) is 0 Å². The molecule has 0 fully saturated rings. The van der Waals surface area contributed by atoms with Crippen molar-refractivity contribution >= 4 is 16.9 Å². The molecule has 1 aromatic rings. The molecule has 0 bridgehead atoms. The van der Waals surface area contributed by atoms with E-state index in [0.717, 1.165) is 11.3 Å². The van der Waals surface area contributed by atoms with Crippen LogP contribution in [0.5, 0.6) is 0 Å². The third-order valence-corrected chi connectivity index (χ3v) is 2.38. The molecule has 1 heterocycles. The second kappa shape index (κ2) is 8.06. The van der Waals surface area contributed by atoms with Crippen LogP contribution in [0.25, 0.3) is 5.57 Å². The third kappa shape index (κ3) is 5.23. The van der Waals surface area contributed by atoms with Crippen molar-refractivity contribution in [2.24, 2.45) is 0 Å². The molecule has 1 rings (SSSR count). The Kier molecular flexibility index (Phi) is 7.38. The number of nitrogens with one attached hydrogen (secondary N) is 1. The first kappa shape index (κ1) is 13.7. The van der Waals surface area contributed by atoms with Crippen molar-refractivity contribution in [1.29, 1.82) is 0 Å². The van der Waals surface area contributed by atoms with Crippen LogP contribution in [0, 0.1) is 0 Å². The largest absolute Gasteiger partial charge is 0.389 e. The molecule has 0 unspecified atom stereocenters. The van der Waals surface area contributed by atoms with E-state index in [9.17, 15) is 0 Å². The number of allylic oxidation sites excluding steroid dienone is 3. The van der Waals surface area contributed by atoms with Gasteiger partial charge in [0.15, 0.2) is 0 Å². The van der Waals surface area contributed by atoms with Crippen molar-refractivity contribution in [3.8, 4) is 0 Å². The molecule has 0 radical (unpaired) electrons. The Morgan fingerprint density at radius 2 is 2.00 bits per heavy atom. The highest BCUT2D eigenvalue weighted by Crippen LogP contribution is 2.16. The number of likely N-dealkylation sites (N-methyl/N-ethyl adjacent to an activating group) is 1. The average molecular weight is 221 g/mol. The predicted octanol–water partition coefficient (Wildman–Crippen LogP) is 4.08. The monoisotopic (exact) mass is 221 g/mol. The molecule has 0 saturated carbocycles. The molecule has 15 heavy (non-hydrogen) atoms. The molecule has 1 nitrogen and oxygen atoms in total. The smallest absolute Gasteiger partial charge is 0.0264 e. The summed E-state index contributed by atoms with van der Waals surface area (Å²) in [5.74, 6) is 0. The summed E-state index contributed by atoms with van der Waals surface area (Å²) in [6, 6.07) is 2.06. The van der Waals surface area contributed by atoms with Crippen molar-refractivity contribution in [1.82, 2.24) is 5.32 Å². The SMILES string of the molecule is C=C(/C=C\C(=C)c1ccsc1)NC.CC. The van der Waals surface area contributed by atoms with Gasteiger partial charge in [0.1, 0.15) is 0 Å². The Morgan fingerprint density at radius 3 is 2.47 bits per heavy atom. The van der Waals surface area contributed by atoms with E-state index in [1.807, 2.05) is 38.4 Å². The quantitative estimate of drug-likeness (QED) is 0.755. The molecule has 1 aromatic heterocycles. The van der Waals surface area contributed by atoms with Crippen LogP contribution in [-0.2, 0) is 0 Å². The molecular weight excluding hydrogens is 202 g/mol. The van der Waals surface area contributed by atoms with E-state index in [2.05, 4.69) is 29.9 Å². The minimum atomic E-state index is 0.886. The summed E-state index contributed by atoms with van der Waals surface area (Å²) in [5.41, 5.74) is 3.07. The van der Waals surface area contributed by atoms with Crippen LogP contribution in [0.3, 0.4) is 0 Å². The van der Waals surface area contributed by atoms with Crippen LogP contribution < -0.4 is 5.32 Å². The van der Waals surface area contributed by atoms with Crippen molar-refractivity contribution in [3.63, 3.8) is 0 Å². The fraction of sp³-hybridized carbons (Fsp3) is 0.231. The maximum absolute atomic E-state index is 3.95. The first-order valence-corrected chi connectivity index (χ1v) is 5.94. The third-order valence-electron chi connectivity index (χ3n) is 1.70. The molecular formula is C13H19NS. The second-order valence-electron chi connectivity index (χ2n) is 2.65. The van der Waals surface area contributed by atoms with Gasteiger partial charge in [-0.05, 0) is 34.0 Å². The fourth-order valence-electron chi connectivity index (χ4n) is 0.828. The average Bonchev–Trinajstić information content (AvgIpc) is 2.81. The Hall–Kier alpha value is -1.28. The van der Waals surface area contributed by atoms with Gasteiger partial charge in [-0.3, -0.25) is 0 Å². The number of hydrogen-bond acceptors (Lipinski definition) is 2. The van der Waals surface area contributed by atoms with Crippen LogP contribution in [-0.4, -0.2) is 7.05 Å². The fourth-order valence-corrected chi connectivity index (χ4v) is 1.51. The van der Waals surface area contributed by atoms with Crippen LogP contribution in [0.15, 0.2) is 47.8 Å². The first-order chi connectivity index (χ1) is 7.24. The summed E-state index contributed by atoms with van der Waals surface area (Å²) in [6.07, 6.45) is 3.88. The Bertz CT molecular complexity index is 320. The molecule has 0 aliphatic heterocycles. The van der Waals surface area contributed by atoms with Crippen molar-refractivity contribution in [2.45, 2.75) is 13.8 Å². The van der Waals surface area contributed by atoms with E-state index in [1.165, 1.54) is 5.56 Å². The zero-order chi connectivity index (χ0) is 11.7. The lowest BCUT2D eigenvalue weighted by atomic mass is 10.1. The Balaban J connectivity index is 0.000000921. The van der Waals surface area contributed by atoms with Gasteiger partial charge in [-0.1, -0.05) is 33.1 Å². The lowest BCUT2D eigenvalue weighted by molar-refractivity contribution is 1.04. The van der Waals surface area contributed by atoms with Crippen molar-refractivity contribution in [2.75, 3.05) is 7.05 Å². The van der Waals surface area contributed by atoms with E-state index in [0.29, 0.717) is 0 Å². The lowest BCUT2D eigenvalue weighted by Crippen LogP contribution is -2.00. The molecule has 0 aromatic carbocycles. The van der Waals surface area contributed by atoms with E-state index in [1.54, 1.807) is 11.3 Å². The lowest BCUT2D eigenvalue weighted by Gasteiger charge is -1.97. The number of thiophene rings is 1. The maximum atomic E-state index is 3.95. The van der Waals surface area contributed by atoms with Crippen LogP contribution in [0.2, 0.25) is 0 Å². The molecule has 0 aliphatic carbocycles. The van der Waals surface area contributed by atoms with E-state index in [-0.39, 0.29) is 0 Å². The van der Waals surface area contributed by atoms with Gasteiger partial charge in [0.2, 0.25) is 0 Å². The minimum Gasteiger partial charge on any atom is -0.389 e. The highest BCUT2D eigenvalue weighted by Gasteiger charge is 1.93. The van der Waals surface area contributed by atoms with Gasteiger partial charge < -0.3 is 5.32 Å². The predicted molar refractivity (Wildman–Crippen MR) is 72.0 cm³/mol. The standard InChI is InChI=1S/C11H13NS.C2H6/c1-9(4-5-10(2)12-3)11-6-7-13-8-11;1-2/h4-8,12H,1-2H2,3H3;1-2H3/b5-4-;. The molecule has 0 spiro atoms. The minimum absolute atomic E-state index is 0.886. The molecule has 0 saturated heterocycles. The molecule has 0 amide bonds. The Morgan fingerprint density at radius 1 is 1.33 bits per heavy atom. The van der Waals surface area contributed by atoms with Gasteiger partial charge in [0, 0.05) is 12.7 Å². The van der Waals surface area contributed by atoms with Crippen LogP contribution in [0.4, 0.5) is 0 Å². The van der Waals surface area contributed by atoms with Crippen LogP contribution in [0.1, 0.15) is 19.4 Å². The summed E-state index contributed by atoms with van der Waals surface area (Å²) in [5, 5.41) is 7.07. The summed E-state index contributed by atoms with van der Waals surface area (Å²) >= 11 is 1.68. The van der Waals surface area contributed by atoms with Crippen molar-refractivity contribution in [3.05, 3.63) is 53.4 Å². The van der Waals surface area contributed by atoms with Crippen LogP contribution >= 0.6 is 11.3 Å². The summed E-state index contributed by atoms with van der Waals surface area (Å²) in [7, 11) is 1.85. The summed E-state index contributed by atoms with van der Waals surface area (Å²) < 4.78 is 0. The molecule has 1 N–H and O–H groups in total. The van der Waals surface area contributed by atoms with Gasteiger partial charge in [-0.15, -0.1) is 0 Å². The van der Waals surface area contributed by atoms with Gasteiger partial charge in [-0.25, -0.2) is 0 Å². The van der Waals surface area contributed by atoms with Gasteiger partial charge in [-0.2, -0.15) is 11.3 Å². The molecule has 0 aliphatic rings. The van der Waals surface area contributed by atoms with E-state index >= 15 is 0 Å². The summed E-state index contributed by atoms with van der Waals surface area (Å²) in [4.78, 5) is 0. The summed E-state index contributed by atoms with van der Waals surface area (Å²) in [6.45, 7) is 11.7. The maximum Gasteiger partial charge on any atom is 0.0264 e. The zero-order valence-corrected chi connectivity index (χ0v) is 10.5. The topological polar surface area (TPSA) is 12.0 Å². The van der Waals surface area contributed by atoms with E-state index < -0.39 is 0 Å². The number of hydrogen-bond donors (Lipinski definition) is 1. The van der Waals surface area contributed by atoms with Gasteiger partial charge >= 0.3 is 0 Å². The molecule has 2 heteroatoms. The Labute approximate surface area is 96.8 Å². The highest BCUT2D eigenvalue weighted by atomic mass is 32.1. The molecule has 82 valence electrons. The zero-order valence-electron chi connectivity index (χ0n) is 9.71. The normalized spacial score (nSPS) is 9.27. The van der Waals surface area contributed by atoms with Gasteiger partial charge in [0.25, 0.3) is 0 Å². The highest BCUT2D eigenvalue weighted by molar-refractivity contribution is 7.08. The second-order valence-corrected chi connectivity index (χ2v) is 3.43. The van der Waals surface area contributed by atoms with Crippen molar-refractivity contribution < 1.29 is 0 Å². The number of rotatable bonds is 4.